The number of fused-ring (bicyclic) bond motifs is 1. The molecular weight excluding hydrogens is 365 g/mol. The molecule has 0 amide bonds. The van der Waals surface area contributed by atoms with E-state index in [0.29, 0.717) is 24.9 Å². The number of rotatable bonds is 7. The summed E-state index contributed by atoms with van der Waals surface area (Å²) >= 11 is 0. The first kappa shape index (κ1) is 19.9. The van der Waals surface area contributed by atoms with Gasteiger partial charge in [0, 0.05) is 6.54 Å². The average Bonchev–Trinajstić information content (AvgIpc) is 2.70. The molecule has 0 aliphatic carbocycles. The third-order valence-corrected chi connectivity index (χ3v) is 4.93. The van der Waals surface area contributed by atoms with Crippen LogP contribution >= 0.6 is 0 Å². The van der Waals surface area contributed by atoms with Crippen molar-refractivity contribution < 1.29 is 13.2 Å². The Kier molecular flexibility index (Phi) is 5.97. The first-order valence-corrected chi connectivity index (χ1v) is 9.14. The van der Waals surface area contributed by atoms with Crippen molar-refractivity contribution in [2.75, 3.05) is 6.54 Å². The SMILES string of the molecule is CC(c1cccc2ccccc12)N(CCCc1cccc(C(F)(F)F)c1)N=O. The average molecular weight is 386 g/mol. The van der Waals surface area contributed by atoms with Crippen LogP contribution in [0, 0.1) is 4.91 Å². The van der Waals surface area contributed by atoms with E-state index in [1.807, 2.05) is 49.4 Å². The Morgan fingerprint density at radius 2 is 1.71 bits per heavy atom. The summed E-state index contributed by atoms with van der Waals surface area (Å²) in [6.45, 7) is 2.28. The number of nitroso groups, excluding NO2 is 1. The Hall–Kier alpha value is -2.89. The van der Waals surface area contributed by atoms with Crippen LogP contribution in [-0.4, -0.2) is 11.6 Å². The van der Waals surface area contributed by atoms with Crippen LogP contribution < -0.4 is 0 Å². The molecule has 1 unspecified atom stereocenters. The molecule has 6 heteroatoms. The number of nitrogens with zero attached hydrogens (tertiary/aromatic N) is 2. The van der Waals surface area contributed by atoms with Gasteiger partial charge < -0.3 is 0 Å². The predicted octanol–water partition coefficient (Wildman–Crippen LogP) is 6.54. The Morgan fingerprint density at radius 1 is 1.00 bits per heavy atom. The second-order valence-electron chi connectivity index (χ2n) is 6.79. The zero-order valence-corrected chi connectivity index (χ0v) is 15.5. The number of alkyl halides is 3. The minimum atomic E-state index is -4.35. The Balaban J connectivity index is 1.68. The molecule has 0 bridgehead atoms. The van der Waals surface area contributed by atoms with Crippen LogP contribution in [0.25, 0.3) is 10.8 Å². The predicted molar refractivity (Wildman–Crippen MR) is 105 cm³/mol. The third kappa shape index (κ3) is 4.50. The fourth-order valence-electron chi connectivity index (χ4n) is 3.43. The van der Waals surface area contributed by atoms with Gasteiger partial charge in [-0.05, 0) is 47.7 Å². The molecule has 0 aliphatic rings. The van der Waals surface area contributed by atoms with Crippen LogP contribution in [0.2, 0.25) is 0 Å². The number of aryl methyl sites for hydroxylation is 1. The van der Waals surface area contributed by atoms with Crippen molar-refractivity contribution >= 4 is 10.8 Å². The van der Waals surface area contributed by atoms with E-state index in [-0.39, 0.29) is 6.04 Å². The van der Waals surface area contributed by atoms with Gasteiger partial charge in [0.2, 0.25) is 0 Å². The molecule has 0 aromatic heterocycles. The molecule has 3 aromatic carbocycles. The van der Waals surface area contributed by atoms with E-state index in [1.54, 1.807) is 6.07 Å². The first-order valence-electron chi connectivity index (χ1n) is 9.14. The quantitative estimate of drug-likeness (QED) is 0.341. The van der Waals surface area contributed by atoms with Crippen LogP contribution in [0.15, 0.2) is 72.0 Å². The highest BCUT2D eigenvalue weighted by Gasteiger charge is 2.30. The van der Waals surface area contributed by atoms with Crippen molar-refractivity contribution in [3.05, 3.63) is 88.3 Å². The molecule has 0 spiro atoms. The summed E-state index contributed by atoms with van der Waals surface area (Å²) in [5.74, 6) is 0. The third-order valence-electron chi connectivity index (χ3n) is 4.93. The van der Waals surface area contributed by atoms with Crippen molar-refractivity contribution in [1.82, 2.24) is 5.01 Å². The molecule has 0 saturated carbocycles. The summed E-state index contributed by atoms with van der Waals surface area (Å²) < 4.78 is 38.5. The van der Waals surface area contributed by atoms with Gasteiger partial charge in [-0.15, -0.1) is 4.91 Å². The Bertz CT molecular complexity index is 950. The van der Waals surface area contributed by atoms with Crippen molar-refractivity contribution in [3.63, 3.8) is 0 Å². The van der Waals surface area contributed by atoms with Gasteiger partial charge in [-0.25, -0.2) is 0 Å². The Morgan fingerprint density at radius 3 is 2.46 bits per heavy atom. The van der Waals surface area contributed by atoms with Crippen LogP contribution in [-0.2, 0) is 12.6 Å². The van der Waals surface area contributed by atoms with Gasteiger partial charge in [-0.1, -0.05) is 60.7 Å². The smallest absolute Gasteiger partial charge is 0.254 e. The van der Waals surface area contributed by atoms with Crippen LogP contribution in [0.5, 0.6) is 0 Å². The number of hydrogen-bond acceptors (Lipinski definition) is 2. The molecule has 0 saturated heterocycles. The summed E-state index contributed by atoms with van der Waals surface area (Å²) in [6.07, 6.45) is -3.38. The summed E-state index contributed by atoms with van der Waals surface area (Å²) in [7, 11) is 0. The minimum absolute atomic E-state index is 0.231. The molecule has 1 atom stereocenters. The fraction of sp³-hybridized carbons (Fsp3) is 0.273. The zero-order chi connectivity index (χ0) is 20.1. The van der Waals surface area contributed by atoms with Crippen molar-refractivity contribution in [1.29, 1.82) is 0 Å². The van der Waals surface area contributed by atoms with Gasteiger partial charge in [-0.3, -0.25) is 5.01 Å². The summed E-state index contributed by atoms with van der Waals surface area (Å²) in [6, 6.07) is 18.9. The van der Waals surface area contributed by atoms with Crippen molar-refractivity contribution in [3.8, 4) is 0 Å². The number of benzene rings is 3. The van der Waals surface area contributed by atoms with Gasteiger partial charge in [-0.2, -0.15) is 13.2 Å². The Labute approximate surface area is 161 Å². The van der Waals surface area contributed by atoms with Gasteiger partial charge in [0.1, 0.15) is 0 Å². The molecule has 0 aliphatic heterocycles. The normalized spacial score (nSPS) is 12.7. The first-order chi connectivity index (χ1) is 13.4. The lowest BCUT2D eigenvalue weighted by Gasteiger charge is -2.24. The van der Waals surface area contributed by atoms with Crippen molar-refractivity contribution in [2.45, 2.75) is 32.0 Å². The van der Waals surface area contributed by atoms with E-state index < -0.39 is 11.7 Å². The van der Waals surface area contributed by atoms with E-state index >= 15 is 0 Å². The largest absolute Gasteiger partial charge is 0.416 e. The molecule has 3 nitrogen and oxygen atoms in total. The highest BCUT2D eigenvalue weighted by Crippen LogP contribution is 2.30. The molecule has 0 radical (unpaired) electrons. The highest BCUT2D eigenvalue weighted by atomic mass is 19.4. The second kappa shape index (κ2) is 8.42. The number of halogens is 3. The van der Waals surface area contributed by atoms with E-state index in [2.05, 4.69) is 5.29 Å². The lowest BCUT2D eigenvalue weighted by Crippen LogP contribution is -2.22. The molecule has 28 heavy (non-hydrogen) atoms. The lowest BCUT2D eigenvalue weighted by molar-refractivity contribution is -0.137. The van der Waals surface area contributed by atoms with E-state index in [0.717, 1.165) is 28.5 Å². The van der Waals surface area contributed by atoms with Crippen LogP contribution in [0.3, 0.4) is 0 Å². The standard InChI is InChI=1S/C22H21F3N2O/c1-16(20-13-5-10-18-9-2-3-12-21(18)20)27(26-28)14-6-8-17-7-4-11-19(15-17)22(23,24)25/h2-5,7,9-13,15-16H,6,8,14H2,1H3. The molecule has 0 N–H and O–H groups in total. The van der Waals surface area contributed by atoms with E-state index in [1.165, 1.54) is 11.1 Å². The fourth-order valence-corrected chi connectivity index (χ4v) is 3.43. The molecule has 0 fully saturated rings. The van der Waals surface area contributed by atoms with Crippen LogP contribution in [0.1, 0.15) is 36.1 Å². The monoisotopic (exact) mass is 386 g/mol. The highest BCUT2D eigenvalue weighted by molar-refractivity contribution is 5.86. The lowest BCUT2D eigenvalue weighted by atomic mass is 9.99. The zero-order valence-electron chi connectivity index (χ0n) is 15.5. The summed E-state index contributed by atoms with van der Waals surface area (Å²) in [5.41, 5.74) is 0.940. The summed E-state index contributed by atoms with van der Waals surface area (Å²) in [4.78, 5) is 11.4. The van der Waals surface area contributed by atoms with Gasteiger partial charge in [0.15, 0.2) is 0 Å². The summed E-state index contributed by atoms with van der Waals surface area (Å²) in [5, 5.41) is 6.76. The maximum atomic E-state index is 12.8. The van der Waals surface area contributed by atoms with E-state index in [4.69, 9.17) is 0 Å². The molecule has 3 aromatic rings. The maximum Gasteiger partial charge on any atom is 0.416 e. The molecule has 3 rings (SSSR count). The van der Waals surface area contributed by atoms with Gasteiger partial charge in [0.05, 0.1) is 16.9 Å². The molecule has 0 heterocycles. The van der Waals surface area contributed by atoms with Gasteiger partial charge in [0.25, 0.3) is 0 Å². The van der Waals surface area contributed by atoms with E-state index in [9.17, 15) is 18.1 Å². The van der Waals surface area contributed by atoms with Crippen LogP contribution in [0.4, 0.5) is 13.2 Å². The molecular formula is C22H21F3N2O. The van der Waals surface area contributed by atoms with Gasteiger partial charge >= 0.3 is 6.18 Å². The second-order valence-corrected chi connectivity index (χ2v) is 6.79. The maximum absolute atomic E-state index is 12.8. The topological polar surface area (TPSA) is 32.7 Å². The number of hydrogen-bond donors (Lipinski definition) is 0. The van der Waals surface area contributed by atoms with Crippen molar-refractivity contribution in [2.24, 2.45) is 5.29 Å². The minimum Gasteiger partial charge on any atom is -0.254 e. The molecule has 146 valence electrons.